The average molecular weight is 439 g/mol. The summed E-state index contributed by atoms with van der Waals surface area (Å²) >= 11 is 0. The van der Waals surface area contributed by atoms with Gasteiger partial charge in [0, 0.05) is 42.8 Å². The Morgan fingerprint density at radius 3 is 2.66 bits per heavy atom. The van der Waals surface area contributed by atoms with Gasteiger partial charge in [-0.2, -0.15) is 0 Å². The zero-order valence-corrected chi connectivity index (χ0v) is 19.7. The van der Waals surface area contributed by atoms with Gasteiger partial charge in [-0.15, -0.1) is 0 Å². The molecule has 0 radical (unpaired) electrons. The van der Waals surface area contributed by atoms with Crippen molar-refractivity contribution in [1.82, 2.24) is 15.2 Å². The summed E-state index contributed by atoms with van der Waals surface area (Å²) in [5.74, 6) is -0.230. The minimum atomic E-state index is -0.138. The predicted molar refractivity (Wildman–Crippen MR) is 129 cm³/mol. The van der Waals surface area contributed by atoms with Gasteiger partial charge in [-0.05, 0) is 62.7 Å². The standard InChI is InChI=1S/C25H34N4O3/c1-6-29(7-2)12-11-26-25(31)23-16(3)22(27-17(23)4)15-20-19-14-18(10-13-32-5)8-9-21(19)28-24(20)30/h8-9,14-15,27H,6-7,10-13H2,1-5H3,(H,26,31)(H,28,30). The van der Waals surface area contributed by atoms with Gasteiger partial charge in [0.15, 0.2) is 0 Å². The van der Waals surface area contributed by atoms with E-state index in [1.807, 2.05) is 38.1 Å². The van der Waals surface area contributed by atoms with Gasteiger partial charge in [0.1, 0.15) is 0 Å². The number of aryl methyl sites for hydroxylation is 1. The molecule has 0 fully saturated rings. The Hall–Kier alpha value is -2.90. The molecule has 1 aliphatic rings. The topological polar surface area (TPSA) is 86.5 Å². The normalized spacial score (nSPS) is 14.2. The largest absolute Gasteiger partial charge is 0.384 e. The van der Waals surface area contributed by atoms with E-state index in [0.29, 0.717) is 24.3 Å². The Bertz CT molecular complexity index is 1020. The number of carbonyl (C=O) groups excluding carboxylic acids is 2. The number of nitrogens with one attached hydrogen (secondary N) is 3. The molecule has 0 bridgehead atoms. The summed E-state index contributed by atoms with van der Waals surface area (Å²) in [5, 5.41) is 5.95. The minimum absolute atomic E-state index is 0.0915. The monoisotopic (exact) mass is 438 g/mol. The first-order valence-corrected chi connectivity index (χ1v) is 11.2. The number of hydrogen-bond donors (Lipinski definition) is 3. The maximum absolute atomic E-state index is 12.8. The molecule has 1 aliphatic heterocycles. The predicted octanol–water partition coefficient (Wildman–Crippen LogP) is 3.38. The number of methoxy groups -OCH3 is 1. The van der Waals surface area contributed by atoms with E-state index in [9.17, 15) is 9.59 Å². The second-order valence-electron chi connectivity index (χ2n) is 8.08. The molecule has 1 aromatic carbocycles. The Morgan fingerprint density at radius 1 is 1.22 bits per heavy atom. The van der Waals surface area contributed by atoms with Gasteiger partial charge in [-0.25, -0.2) is 0 Å². The Kier molecular flexibility index (Phi) is 7.88. The maximum Gasteiger partial charge on any atom is 0.256 e. The molecule has 0 saturated carbocycles. The van der Waals surface area contributed by atoms with Gasteiger partial charge in [-0.1, -0.05) is 19.9 Å². The maximum atomic E-state index is 12.8. The summed E-state index contributed by atoms with van der Waals surface area (Å²) in [7, 11) is 1.68. The number of likely N-dealkylation sites (N-methyl/N-ethyl adjacent to an activating group) is 1. The van der Waals surface area contributed by atoms with Crippen LogP contribution in [-0.4, -0.2) is 61.6 Å². The van der Waals surface area contributed by atoms with Crippen LogP contribution < -0.4 is 10.6 Å². The summed E-state index contributed by atoms with van der Waals surface area (Å²) in [5.41, 5.74) is 6.44. The molecule has 2 amide bonds. The molecule has 1 aromatic heterocycles. The van der Waals surface area contributed by atoms with Gasteiger partial charge in [0.2, 0.25) is 0 Å². The Morgan fingerprint density at radius 2 is 1.97 bits per heavy atom. The zero-order chi connectivity index (χ0) is 23.3. The van der Waals surface area contributed by atoms with E-state index >= 15 is 0 Å². The SMILES string of the molecule is CCN(CC)CCNC(=O)c1c(C)[nH]c(C=C2C(=O)Nc3ccc(CCOC)cc32)c1C. The lowest BCUT2D eigenvalue weighted by atomic mass is 10.0. The van der Waals surface area contributed by atoms with Crippen molar-refractivity contribution in [1.29, 1.82) is 0 Å². The fourth-order valence-electron chi connectivity index (χ4n) is 4.11. The van der Waals surface area contributed by atoms with Crippen molar-refractivity contribution in [2.45, 2.75) is 34.1 Å². The molecule has 0 aliphatic carbocycles. The summed E-state index contributed by atoms with van der Waals surface area (Å²) in [4.78, 5) is 31.1. The van der Waals surface area contributed by atoms with Crippen molar-refractivity contribution in [2.75, 3.05) is 45.2 Å². The third-order valence-electron chi connectivity index (χ3n) is 6.06. The van der Waals surface area contributed by atoms with Gasteiger partial charge in [-0.3, -0.25) is 9.59 Å². The summed E-state index contributed by atoms with van der Waals surface area (Å²) in [6, 6.07) is 5.97. The zero-order valence-electron chi connectivity index (χ0n) is 19.7. The van der Waals surface area contributed by atoms with Crippen molar-refractivity contribution < 1.29 is 14.3 Å². The number of amides is 2. The highest BCUT2D eigenvalue weighted by atomic mass is 16.5. The number of H-pyrrole nitrogens is 1. The third-order valence-corrected chi connectivity index (χ3v) is 6.06. The van der Waals surface area contributed by atoms with Crippen LogP contribution in [0.15, 0.2) is 18.2 Å². The number of anilines is 1. The first kappa shape index (κ1) is 23.8. The first-order valence-electron chi connectivity index (χ1n) is 11.2. The van der Waals surface area contributed by atoms with Crippen LogP contribution in [0.3, 0.4) is 0 Å². The molecule has 7 nitrogen and oxygen atoms in total. The van der Waals surface area contributed by atoms with Gasteiger partial charge in [0.05, 0.1) is 17.7 Å². The molecule has 7 heteroatoms. The second-order valence-corrected chi connectivity index (χ2v) is 8.08. The highest BCUT2D eigenvalue weighted by Crippen LogP contribution is 2.34. The fraction of sp³-hybridized carbons (Fsp3) is 0.440. The average Bonchev–Trinajstić information content (AvgIpc) is 3.24. The summed E-state index contributed by atoms with van der Waals surface area (Å²) < 4.78 is 5.17. The lowest BCUT2D eigenvalue weighted by Crippen LogP contribution is -2.35. The lowest BCUT2D eigenvalue weighted by Gasteiger charge is -2.18. The van der Waals surface area contributed by atoms with Crippen molar-refractivity contribution in [3.8, 4) is 0 Å². The van der Waals surface area contributed by atoms with E-state index in [1.54, 1.807) is 7.11 Å². The molecule has 0 spiro atoms. The van der Waals surface area contributed by atoms with Crippen LogP contribution in [0.4, 0.5) is 5.69 Å². The summed E-state index contributed by atoms with van der Waals surface area (Å²) in [6.07, 6.45) is 2.62. The molecular weight excluding hydrogens is 404 g/mol. The number of benzene rings is 1. The number of carbonyl (C=O) groups is 2. The number of hydrogen-bond acceptors (Lipinski definition) is 4. The van der Waals surface area contributed by atoms with E-state index < -0.39 is 0 Å². The lowest BCUT2D eigenvalue weighted by molar-refractivity contribution is -0.110. The number of fused-ring (bicyclic) bond motifs is 1. The third kappa shape index (κ3) is 5.11. The number of rotatable bonds is 10. The molecule has 0 saturated heterocycles. The number of ether oxygens (including phenoxy) is 1. The Labute approximate surface area is 190 Å². The van der Waals surface area contributed by atoms with Crippen LogP contribution in [0.5, 0.6) is 0 Å². The molecule has 0 unspecified atom stereocenters. The van der Waals surface area contributed by atoms with Crippen LogP contribution in [0.25, 0.3) is 11.6 Å². The van der Waals surface area contributed by atoms with Gasteiger partial charge in [0.25, 0.3) is 11.8 Å². The van der Waals surface area contributed by atoms with Crippen LogP contribution in [0.1, 0.15) is 52.3 Å². The smallest absolute Gasteiger partial charge is 0.256 e. The molecule has 3 N–H and O–H groups in total. The molecular formula is C25H34N4O3. The molecule has 2 heterocycles. The van der Waals surface area contributed by atoms with Crippen LogP contribution >= 0.6 is 0 Å². The molecule has 3 rings (SSSR count). The molecule has 0 atom stereocenters. The van der Waals surface area contributed by atoms with E-state index in [1.165, 1.54) is 0 Å². The van der Waals surface area contributed by atoms with Crippen molar-refractivity contribution in [3.63, 3.8) is 0 Å². The van der Waals surface area contributed by atoms with Crippen LogP contribution in [0, 0.1) is 13.8 Å². The highest BCUT2D eigenvalue weighted by molar-refractivity contribution is 6.35. The quantitative estimate of drug-likeness (QED) is 0.497. The highest BCUT2D eigenvalue weighted by Gasteiger charge is 2.26. The van der Waals surface area contributed by atoms with Crippen LogP contribution in [0.2, 0.25) is 0 Å². The fourth-order valence-corrected chi connectivity index (χ4v) is 4.11. The van der Waals surface area contributed by atoms with E-state index in [0.717, 1.165) is 59.8 Å². The van der Waals surface area contributed by atoms with E-state index in [4.69, 9.17) is 4.74 Å². The molecule has 172 valence electrons. The van der Waals surface area contributed by atoms with Gasteiger partial charge < -0.3 is 25.3 Å². The molecule has 32 heavy (non-hydrogen) atoms. The van der Waals surface area contributed by atoms with E-state index in [-0.39, 0.29) is 11.8 Å². The van der Waals surface area contributed by atoms with Gasteiger partial charge >= 0.3 is 0 Å². The summed E-state index contributed by atoms with van der Waals surface area (Å²) in [6.45, 7) is 12.0. The number of aromatic nitrogens is 1. The number of nitrogens with zero attached hydrogens (tertiary/aromatic N) is 1. The molecule has 2 aromatic rings. The van der Waals surface area contributed by atoms with Crippen molar-refractivity contribution >= 4 is 29.2 Å². The Balaban J connectivity index is 1.83. The number of aromatic amines is 1. The van der Waals surface area contributed by atoms with Crippen molar-refractivity contribution in [2.24, 2.45) is 0 Å². The first-order chi connectivity index (χ1) is 15.4. The van der Waals surface area contributed by atoms with Crippen LogP contribution in [-0.2, 0) is 16.0 Å². The van der Waals surface area contributed by atoms with E-state index in [2.05, 4.69) is 34.4 Å². The van der Waals surface area contributed by atoms with Crippen molar-refractivity contribution in [3.05, 3.63) is 51.8 Å². The minimum Gasteiger partial charge on any atom is -0.384 e. The second kappa shape index (κ2) is 10.6.